The van der Waals surface area contributed by atoms with E-state index in [1.807, 2.05) is 70.2 Å². The largest absolute Gasteiger partial charge is 0.493 e. The first-order valence-corrected chi connectivity index (χ1v) is 10.4. The maximum absolute atomic E-state index is 9.91. The lowest BCUT2D eigenvalue weighted by atomic mass is 9.84. The van der Waals surface area contributed by atoms with Crippen LogP contribution in [0.1, 0.15) is 42.1 Å². The molecule has 4 rings (SSSR count). The summed E-state index contributed by atoms with van der Waals surface area (Å²) in [5.41, 5.74) is 11.0. The van der Waals surface area contributed by atoms with Gasteiger partial charge in [-0.1, -0.05) is 23.8 Å². The van der Waals surface area contributed by atoms with Crippen LogP contribution in [-0.2, 0) is 0 Å². The fourth-order valence-corrected chi connectivity index (χ4v) is 3.92. The quantitative estimate of drug-likeness (QED) is 0.640. The predicted octanol–water partition coefficient (Wildman–Crippen LogP) is 4.50. The Kier molecular flexibility index (Phi) is 5.54. The van der Waals surface area contributed by atoms with Crippen LogP contribution in [0.5, 0.6) is 17.4 Å². The highest BCUT2D eigenvalue weighted by Crippen LogP contribution is 2.46. The van der Waals surface area contributed by atoms with Crippen molar-refractivity contribution in [3.05, 3.63) is 76.3 Å². The summed E-state index contributed by atoms with van der Waals surface area (Å²) in [5, 5.41) is 14.6. The molecular weight excluding hydrogens is 404 g/mol. The number of nitrogens with two attached hydrogens (primary N) is 1. The van der Waals surface area contributed by atoms with Gasteiger partial charge in [-0.15, -0.1) is 0 Å². The smallest absolute Gasteiger partial charge is 0.229 e. The highest BCUT2D eigenvalue weighted by atomic mass is 16.5. The second kappa shape index (κ2) is 8.31. The number of aromatic nitrogens is 2. The molecule has 0 saturated carbocycles. The summed E-state index contributed by atoms with van der Waals surface area (Å²) >= 11 is 0. The third kappa shape index (κ3) is 3.65. The molecule has 0 fully saturated rings. The van der Waals surface area contributed by atoms with Crippen LogP contribution in [0, 0.1) is 25.2 Å². The highest BCUT2D eigenvalue weighted by Gasteiger charge is 2.36. The fourth-order valence-electron chi connectivity index (χ4n) is 3.92. The van der Waals surface area contributed by atoms with Crippen LogP contribution in [0.15, 0.2) is 53.9 Å². The topological polar surface area (TPSA) is 95.3 Å². The molecule has 0 aliphatic carbocycles. The summed E-state index contributed by atoms with van der Waals surface area (Å²) in [6.45, 7) is 7.85. The minimum atomic E-state index is -0.440. The lowest BCUT2D eigenvalue weighted by molar-refractivity contribution is 0.230. The van der Waals surface area contributed by atoms with Crippen LogP contribution < -0.4 is 19.9 Å². The SMILES string of the molecule is COc1cc([C@H]2C(C#N)=C(N)Oc3c2c(C)nn3-c2ccc(C)cc2)ccc1OC(C)C. The van der Waals surface area contributed by atoms with Crippen LogP contribution in [0.25, 0.3) is 5.69 Å². The number of allylic oxidation sites excluding steroid dienone is 1. The highest BCUT2D eigenvalue weighted by molar-refractivity contribution is 5.59. The number of hydrogen-bond acceptors (Lipinski definition) is 6. The van der Waals surface area contributed by atoms with E-state index in [9.17, 15) is 5.26 Å². The monoisotopic (exact) mass is 430 g/mol. The van der Waals surface area contributed by atoms with Crippen molar-refractivity contribution in [3.8, 4) is 29.1 Å². The van der Waals surface area contributed by atoms with E-state index in [2.05, 4.69) is 6.07 Å². The Morgan fingerprint density at radius 3 is 2.47 bits per heavy atom. The summed E-state index contributed by atoms with van der Waals surface area (Å²) in [6.07, 6.45) is 0.00429. The molecule has 1 atom stereocenters. The van der Waals surface area contributed by atoms with Gasteiger partial charge in [0.05, 0.1) is 36.1 Å². The maximum Gasteiger partial charge on any atom is 0.229 e. The van der Waals surface area contributed by atoms with E-state index in [0.717, 1.165) is 28.1 Å². The molecule has 2 N–H and O–H groups in total. The van der Waals surface area contributed by atoms with E-state index in [1.165, 1.54) is 0 Å². The van der Waals surface area contributed by atoms with Gasteiger partial charge in [0.15, 0.2) is 11.5 Å². The number of methoxy groups -OCH3 is 1. The molecule has 1 aliphatic rings. The van der Waals surface area contributed by atoms with Gasteiger partial charge in [0.2, 0.25) is 11.8 Å². The summed E-state index contributed by atoms with van der Waals surface area (Å²) < 4.78 is 19.1. The molecule has 0 spiro atoms. The molecule has 0 unspecified atom stereocenters. The molecule has 7 heteroatoms. The van der Waals surface area contributed by atoms with E-state index < -0.39 is 5.92 Å². The molecule has 0 saturated heterocycles. The second-order valence-corrected chi connectivity index (χ2v) is 8.05. The lowest BCUT2D eigenvalue weighted by Crippen LogP contribution is -2.22. The number of nitrogens with zero attached hydrogens (tertiary/aromatic N) is 3. The van der Waals surface area contributed by atoms with E-state index in [1.54, 1.807) is 11.8 Å². The molecule has 32 heavy (non-hydrogen) atoms. The molecular formula is C25H26N4O3. The Labute approximate surface area is 187 Å². The normalized spacial score (nSPS) is 15.2. The molecule has 0 bridgehead atoms. The summed E-state index contributed by atoms with van der Waals surface area (Å²) in [5.74, 6) is 1.36. The summed E-state index contributed by atoms with van der Waals surface area (Å²) in [4.78, 5) is 0. The average Bonchev–Trinajstić information content (AvgIpc) is 3.09. The molecule has 2 aromatic carbocycles. The molecule has 7 nitrogen and oxygen atoms in total. The maximum atomic E-state index is 9.91. The standard InChI is InChI=1S/C25H26N4O3/c1-14(2)31-20-11-8-17(12-21(20)30-5)23-19(13-26)24(27)32-25-22(23)16(4)28-29(25)18-9-6-15(3)7-10-18/h6-12,14,23H,27H2,1-5H3/t23-/m0/s1. The fraction of sp³-hybridized carbons (Fsp3) is 0.280. The predicted molar refractivity (Wildman–Crippen MR) is 121 cm³/mol. The minimum Gasteiger partial charge on any atom is -0.493 e. The number of aryl methyl sites for hydroxylation is 2. The molecule has 1 aromatic heterocycles. The number of nitriles is 1. The number of rotatable bonds is 5. The van der Waals surface area contributed by atoms with Gasteiger partial charge >= 0.3 is 0 Å². The van der Waals surface area contributed by atoms with Gasteiger partial charge in [-0.3, -0.25) is 0 Å². The van der Waals surface area contributed by atoms with Crippen molar-refractivity contribution in [1.82, 2.24) is 9.78 Å². The van der Waals surface area contributed by atoms with Crippen molar-refractivity contribution in [1.29, 1.82) is 5.26 Å². The Hall–Kier alpha value is -3.92. The van der Waals surface area contributed by atoms with Crippen molar-refractivity contribution in [2.24, 2.45) is 5.73 Å². The van der Waals surface area contributed by atoms with Gasteiger partial charge in [0, 0.05) is 0 Å². The molecule has 0 radical (unpaired) electrons. The lowest BCUT2D eigenvalue weighted by Gasteiger charge is -2.25. The summed E-state index contributed by atoms with van der Waals surface area (Å²) in [7, 11) is 1.60. The van der Waals surface area contributed by atoms with Crippen molar-refractivity contribution >= 4 is 0 Å². The van der Waals surface area contributed by atoms with E-state index in [4.69, 9.17) is 25.0 Å². The van der Waals surface area contributed by atoms with Crippen molar-refractivity contribution in [2.75, 3.05) is 7.11 Å². The van der Waals surface area contributed by atoms with Crippen molar-refractivity contribution in [2.45, 2.75) is 39.7 Å². The summed E-state index contributed by atoms with van der Waals surface area (Å²) in [6, 6.07) is 15.9. The van der Waals surface area contributed by atoms with Crippen LogP contribution >= 0.6 is 0 Å². The Morgan fingerprint density at radius 2 is 1.84 bits per heavy atom. The minimum absolute atomic E-state index is 0.00429. The first-order valence-electron chi connectivity index (χ1n) is 10.4. The van der Waals surface area contributed by atoms with Gasteiger partial charge in [0.1, 0.15) is 11.6 Å². The van der Waals surface area contributed by atoms with Crippen molar-refractivity contribution in [3.63, 3.8) is 0 Å². The zero-order valence-corrected chi connectivity index (χ0v) is 18.8. The van der Waals surface area contributed by atoms with Gasteiger partial charge < -0.3 is 19.9 Å². The van der Waals surface area contributed by atoms with Crippen LogP contribution in [-0.4, -0.2) is 23.0 Å². The number of ether oxygens (including phenoxy) is 3. The first-order chi connectivity index (χ1) is 15.3. The molecule has 1 aliphatic heterocycles. The van der Waals surface area contributed by atoms with Gasteiger partial charge in [0.25, 0.3) is 0 Å². The van der Waals surface area contributed by atoms with Crippen LogP contribution in [0.2, 0.25) is 0 Å². The molecule has 3 aromatic rings. The Balaban J connectivity index is 1.89. The molecule has 0 amide bonds. The van der Waals surface area contributed by atoms with E-state index in [0.29, 0.717) is 23.0 Å². The Morgan fingerprint density at radius 1 is 1.12 bits per heavy atom. The first kappa shape index (κ1) is 21.3. The van der Waals surface area contributed by atoms with Gasteiger partial charge in [-0.05, 0) is 57.5 Å². The van der Waals surface area contributed by atoms with Crippen LogP contribution in [0.4, 0.5) is 0 Å². The Bertz CT molecular complexity index is 1230. The number of hydrogen-bond donors (Lipinski definition) is 1. The van der Waals surface area contributed by atoms with E-state index >= 15 is 0 Å². The third-order valence-electron chi connectivity index (χ3n) is 5.39. The second-order valence-electron chi connectivity index (χ2n) is 8.05. The number of fused-ring (bicyclic) bond motifs is 1. The zero-order chi connectivity index (χ0) is 23.0. The third-order valence-corrected chi connectivity index (χ3v) is 5.39. The number of benzene rings is 2. The molecule has 2 heterocycles. The van der Waals surface area contributed by atoms with E-state index in [-0.39, 0.29) is 12.0 Å². The van der Waals surface area contributed by atoms with Crippen molar-refractivity contribution < 1.29 is 14.2 Å². The molecule has 164 valence electrons. The zero-order valence-electron chi connectivity index (χ0n) is 18.8. The van der Waals surface area contributed by atoms with Gasteiger partial charge in [-0.2, -0.15) is 10.4 Å². The van der Waals surface area contributed by atoms with Gasteiger partial charge in [-0.25, -0.2) is 4.68 Å². The van der Waals surface area contributed by atoms with Crippen LogP contribution in [0.3, 0.4) is 0 Å². The average molecular weight is 431 g/mol.